The van der Waals surface area contributed by atoms with E-state index in [9.17, 15) is 23.9 Å². The van der Waals surface area contributed by atoms with Crippen LogP contribution in [-0.2, 0) is 28.6 Å². The van der Waals surface area contributed by atoms with Gasteiger partial charge in [0.15, 0.2) is 18.6 Å². The van der Waals surface area contributed by atoms with Gasteiger partial charge in [0.2, 0.25) is 5.91 Å². The van der Waals surface area contributed by atoms with Crippen molar-refractivity contribution in [3.63, 3.8) is 0 Å². The molecule has 0 aliphatic carbocycles. The highest BCUT2D eigenvalue weighted by atomic mass is 19.1. The van der Waals surface area contributed by atoms with Gasteiger partial charge in [-0.2, -0.15) is 0 Å². The second kappa shape index (κ2) is 7.32. The molecule has 0 aromatic heterocycles. The van der Waals surface area contributed by atoms with Crippen molar-refractivity contribution in [3.05, 3.63) is 0 Å². The number of ether oxygens (including phenoxy) is 3. The number of esters is 2. The monoisotopic (exact) mass is 307 g/mol. The lowest BCUT2D eigenvalue weighted by Crippen LogP contribution is -2.63. The molecule has 1 fully saturated rings. The summed E-state index contributed by atoms with van der Waals surface area (Å²) in [4.78, 5) is 32.8. The van der Waals surface area contributed by atoms with Crippen molar-refractivity contribution in [1.29, 1.82) is 0 Å². The second-order valence-electron chi connectivity index (χ2n) is 4.61. The predicted molar refractivity (Wildman–Crippen MR) is 65.6 cm³/mol. The Bertz CT molecular complexity index is 414. The van der Waals surface area contributed by atoms with E-state index in [0.29, 0.717) is 0 Å². The number of aliphatic hydroxyl groups excluding tert-OH is 1. The molecule has 120 valence electrons. The number of carbonyl (C=O) groups is 3. The Labute approximate surface area is 120 Å². The molecule has 8 nitrogen and oxygen atoms in total. The Hall–Kier alpha value is -1.74. The molecule has 1 heterocycles. The van der Waals surface area contributed by atoms with E-state index in [2.05, 4.69) is 10.1 Å². The predicted octanol–water partition coefficient (Wildman–Crippen LogP) is -0.959. The first-order chi connectivity index (χ1) is 9.72. The number of carbonyl (C=O) groups excluding carboxylic acids is 3. The van der Waals surface area contributed by atoms with Crippen LogP contribution in [0.25, 0.3) is 0 Å². The summed E-state index contributed by atoms with van der Waals surface area (Å²) in [5, 5.41) is 11.9. The van der Waals surface area contributed by atoms with Crippen LogP contribution in [-0.4, -0.2) is 60.3 Å². The number of nitrogens with one attached hydrogen (secondary N) is 1. The maximum absolute atomic E-state index is 14.4. The van der Waals surface area contributed by atoms with Crippen LogP contribution >= 0.6 is 0 Å². The molecule has 0 radical (unpaired) electrons. The van der Waals surface area contributed by atoms with Gasteiger partial charge >= 0.3 is 11.9 Å². The first-order valence-corrected chi connectivity index (χ1v) is 6.27. The summed E-state index contributed by atoms with van der Waals surface area (Å²) in [5.74, 6) is -1.98. The van der Waals surface area contributed by atoms with Crippen molar-refractivity contribution in [2.45, 2.75) is 51.5 Å². The fourth-order valence-electron chi connectivity index (χ4n) is 1.96. The lowest BCUT2D eigenvalue weighted by atomic mass is 9.98. The number of rotatable bonds is 4. The number of alkyl halides is 1. The van der Waals surface area contributed by atoms with Crippen molar-refractivity contribution in [2.75, 3.05) is 6.61 Å². The van der Waals surface area contributed by atoms with Crippen molar-refractivity contribution in [1.82, 2.24) is 5.32 Å². The van der Waals surface area contributed by atoms with Crippen LogP contribution in [0, 0.1) is 0 Å². The third-order valence-electron chi connectivity index (χ3n) is 2.77. The number of hydrogen-bond donors (Lipinski definition) is 2. The summed E-state index contributed by atoms with van der Waals surface area (Å²) < 4.78 is 29.0. The lowest BCUT2D eigenvalue weighted by Gasteiger charge is -2.40. The zero-order chi connectivity index (χ0) is 16.2. The maximum Gasteiger partial charge on any atom is 0.303 e. The highest BCUT2D eigenvalue weighted by Crippen LogP contribution is 2.25. The topological polar surface area (TPSA) is 111 Å². The van der Waals surface area contributed by atoms with E-state index in [1.165, 1.54) is 0 Å². The molecule has 1 amide bonds. The zero-order valence-corrected chi connectivity index (χ0v) is 11.9. The molecule has 1 rings (SSSR count). The fourth-order valence-corrected chi connectivity index (χ4v) is 1.96. The normalized spacial score (nSPS) is 32.1. The van der Waals surface area contributed by atoms with Gasteiger partial charge in [-0.05, 0) is 0 Å². The minimum absolute atomic E-state index is 0.391. The molecule has 1 aliphatic rings. The van der Waals surface area contributed by atoms with Crippen LogP contribution in [0.3, 0.4) is 0 Å². The highest BCUT2D eigenvalue weighted by molar-refractivity contribution is 5.73. The van der Waals surface area contributed by atoms with Crippen molar-refractivity contribution in [3.8, 4) is 0 Å². The molecule has 9 heteroatoms. The van der Waals surface area contributed by atoms with Crippen LogP contribution < -0.4 is 5.32 Å². The van der Waals surface area contributed by atoms with Crippen LogP contribution in [0.5, 0.6) is 0 Å². The maximum atomic E-state index is 14.4. The summed E-state index contributed by atoms with van der Waals surface area (Å²) in [5.41, 5.74) is 0. The lowest BCUT2D eigenvalue weighted by molar-refractivity contribution is -0.250. The first kappa shape index (κ1) is 17.3. The van der Waals surface area contributed by atoms with Gasteiger partial charge in [-0.1, -0.05) is 0 Å². The Kier molecular flexibility index (Phi) is 6.03. The number of aliphatic hydroxyl groups is 1. The van der Waals surface area contributed by atoms with E-state index in [4.69, 9.17) is 9.47 Å². The van der Waals surface area contributed by atoms with E-state index in [1.807, 2.05) is 0 Å². The number of hydrogen-bond acceptors (Lipinski definition) is 7. The van der Waals surface area contributed by atoms with Gasteiger partial charge in [0.1, 0.15) is 18.8 Å². The molecule has 0 aromatic carbocycles. The van der Waals surface area contributed by atoms with Crippen molar-refractivity contribution in [2.24, 2.45) is 0 Å². The summed E-state index contributed by atoms with van der Waals surface area (Å²) in [7, 11) is 0. The van der Waals surface area contributed by atoms with Gasteiger partial charge in [-0.15, -0.1) is 0 Å². The zero-order valence-electron chi connectivity index (χ0n) is 11.9. The molecular weight excluding hydrogens is 289 g/mol. The van der Waals surface area contributed by atoms with Gasteiger partial charge < -0.3 is 24.6 Å². The molecule has 1 aliphatic heterocycles. The minimum atomic E-state index is -1.91. The first-order valence-electron chi connectivity index (χ1n) is 6.27. The number of amides is 1. The fraction of sp³-hybridized carbons (Fsp3) is 0.750. The van der Waals surface area contributed by atoms with E-state index in [0.717, 1.165) is 20.8 Å². The molecule has 5 atom stereocenters. The standard InChI is InChI=1S/C12H18FNO7/c1-5(15)14-10-9(13)11(20-7(3)17)8(21-12(10)18)4-19-6(2)16/h8-12,18H,4H2,1-3H3,(H,14,15)/t8-,9-,10-,11-,12-/m1/s1. The van der Waals surface area contributed by atoms with Crippen molar-refractivity contribution >= 4 is 17.8 Å². The summed E-state index contributed by atoms with van der Waals surface area (Å²) >= 11 is 0. The van der Waals surface area contributed by atoms with E-state index in [1.54, 1.807) is 0 Å². The molecule has 2 N–H and O–H groups in total. The average Bonchev–Trinajstić information content (AvgIpc) is 2.35. The largest absolute Gasteiger partial charge is 0.463 e. The van der Waals surface area contributed by atoms with Crippen LogP contribution in [0.15, 0.2) is 0 Å². The van der Waals surface area contributed by atoms with Gasteiger partial charge in [-0.25, -0.2) is 4.39 Å². The molecule has 0 aromatic rings. The van der Waals surface area contributed by atoms with Gasteiger partial charge in [0.05, 0.1) is 0 Å². The van der Waals surface area contributed by atoms with Gasteiger partial charge in [-0.3, -0.25) is 14.4 Å². The summed E-state index contributed by atoms with van der Waals surface area (Å²) in [6, 6.07) is -1.39. The van der Waals surface area contributed by atoms with E-state index in [-0.39, 0.29) is 0 Å². The molecule has 21 heavy (non-hydrogen) atoms. The van der Waals surface area contributed by atoms with Crippen LogP contribution in [0.4, 0.5) is 4.39 Å². The molecule has 0 unspecified atom stereocenters. The summed E-state index contributed by atoms with van der Waals surface area (Å²) in [6.45, 7) is 2.98. The minimum Gasteiger partial charge on any atom is -0.463 e. The Morgan fingerprint density at radius 1 is 1.24 bits per heavy atom. The third kappa shape index (κ3) is 4.94. The molecule has 0 spiro atoms. The van der Waals surface area contributed by atoms with Gasteiger partial charge in [0, 0.05) is 20.8 Å². The summed E-state index contributed by atoms with van der Waals surface area (Å²) in [6.07, 6.45) is -6.16. The quantitative estimate of drug-likeness (QED) is 0.643. The Balaban J connectivity index is 2.86. The smallest absolute Gasteiger partial charge is 0.303 e. The third-order valence-corrected chi connectivity index (χ3v) is 2.77. The molecule has 0 saturated carbocycles. The average molecular weight is 307 g/mol. The molecular formula is C12H18FNO7. The number of halogens is 1. The Morgan fingerprint density at radius 2 is 1.86 bits per heavy atom. The van der Waals surface area contributed by atoms with E-state index >= 15 is 0 Å². The van der Waals surface area contributed by atoms with Gasteiger partial charge in [0.25, 0.3) is 0 Å². The highest BCUT2D eigenvalue weighted by Gasteiger charge is 2.48. The van der Waals surface area contributed by atoms with E-state index < -0.39 is 55.2 Å². The van der Waals surface area contributed by atoms with Crippen molar-refractivity contribution < 1.29 is 38.1 Å². The Morgan fingerprint density at radius 3 is 2.33 bits per heavy atom. The molecule has 0 bridgehead atoms. The molecule has 1 saturated heterocycles. The van der Waals surface area contributed by atoms with Crippen LogP contribution in [0.2, 0.25) is 0 Å². The van der Waals surface area contributed by atoms with Crippen LogP contribution in [0.1, 0.15) is 20.8 Å². The second-order valence-corrected chi connectivity index (χ2v) is 4.61. The SMILES string of the molecule is CC(=O)N[C@@H]1[C@@H](F)[C@H](OC(C)=O)[C@@H](COC(C)=O)O[C@H]1O.